The molecular weight excluding hydrogens is 250 g/mol. The molecule has 1 unspecified atom stereocenters. The third kappa shape index (κ3) is 3.51. The molecule has 0 aromatic carbocycles. The molecule has 78 valence electrons. The summed E-state index contributed by atoms with van der Waals surface area (Å²) in [5, 5.41) is 2.71. The molecule has 14 heavy (non-hydrogen) atoms. The normalized spacial score (nSPS) is 12.4. The number of nitrogens with one attached hydrogen (secondary N) is 1. The predicted octanol–water partition coefficient (Wildman–Crippen LogP) is 1.42. The minimum absolute atomic E-state index is 0.117. The van der Waals surface area contributed by atoms with Crippen molar-refractivity contribution in [2.24, 2.45) is 0 Å². The highest BCUT2D eigenvalue weighted by Crippen LogP contribution is 2.01. The van der Waals surface area contributed by atoms with E-state index in [1.54, 1.807) is 19.2 Å². The van der Waals surface area contributed by atoms with Crippen LogP contribution in [0.15, 0.2) is 22.8 Å². The minimum Gasteiger partial charge on any atom is -0.459 e. The van der Waals surface area contributed by atoms with Crippen LogP contribution >= 0.6 is 15.9 Å². The molecule has 0 spiro atoms. The lowest BCUT2D eigenvalue weighted by Gasteiger charge is -2.08. The average molecular weight is 262 g/mol. The van der Waals surface area contributed by atoms with Crippen LogP contribution in [0.3, 0.4) is 0 Å². The Labute approximate surface area is 90.7 Å². The van der Waals surface area contributed by atoms with Gasteiger partial charge in [-0.3, -0.25) is 4.79 Å². The number of hydrogen-bond donors (Lipinski definition) is 1. The summed E-state index contributed by atoms with van der Waals surface area (Å²) in [6.07, 6.45) is 1.47. The highest BCUT2D eigenvalue weighted by atomic mass is 79.9. The molecule has 0 aliphatic carbocycles. The summed E-state index contributed by atoms with van der Waals surface area (Å²) in [4.78, 5) is 11.5. The number of alkyl halides is 1. The molecule has 0 aliphatic rings. The van der Waals surface area contributed by atoms with Crippen LogP contribution in [0.4, 0.5) is 0 Å². The number of halogens is 1. The van der Waals surface area contributed by atoms with Gasteiger partial charge in [0.1, 0.15) is 0 Å². The van der Waals surface area contributed by atoms with E-state index >= 15 is 0 Å². The Bertz CT molecular complexity index is 274. The molecule has 1 atom stereocenters. The summed E-state index contributed by atoms with van der Waals surface area (Å²) in [6.45, 7) is 1.06. The fourth-order valence-electron chi connectivity index (χ4n) is 0.938. The van der Waals surface area contributed by atoms with Gasteiger partial charge >= 0.3 is 0 Å². The standard InChI is InChI=1S/C9H12BrNO3/c1-13-6-7(10)5-11-9(12)8-3-2-4-14-8/h2-4,7H,5-6H2,1H3,(H,11,12). The van der Waals surface area contributed by atoms with Crippen LogP contribution in [0.5, 0.6) is 0 Å². The highest BCUT2D eigenvalue weighted by Gasteiger charge is 2.10. The van der Waals surface area contributed by atoms with Crippen LogP contribution in [0.25, 0.3) is 0 Å². The van der Waals surface area contributed by atoms with E-state index in [0.29, 0.717) is 18.9 Å². The highest BCUT2D eigenvalue weighted by molar-refractivity contribution is 9.09. The van der Waals surface area contributed by atoms with Crippen LogP contribution in [0.1, 0.15) is 10.6 Å². The summed E-state index contributed by atoms with van der Waals surface area (Å²) >= 11 is 3.36. The number of rotatable bonds is 5. The molecule has 1 heterocycles. The maximum absolute atomic E-state index is 11.3. The molecule has 0 saturated heterocycles. The minimum atomic E-state index is -0.212. The summed E-state index contributed by atoms with van der Waals surface area (Å²) < 4.78 is 9.83. The number of carbonyl (C=O) groups excluding carboxylic acids is 1. The van der Waals surface area contributed by atoms with E-state index in [9.17, 15) is 4.79 Å². The summed E-state index contributed by atoms with van der Waals surface area (Å²) in [5.41, 5.74) is 0. The topological polar surface area (TPSA) is 51.5 Å². The number of amides is 1. The lowest BCUT2D eigenvalue weighted by Crippen LogP contribution is -2.31. The maximum atomic E-state index is 11.3. The molecule has 1 aromatic rings. The van der Waals surface area contributed by atoms with Crippen molar-refractivity contribution in [2.75, 3.05) is 20.3 Å². The first-order valence-electron chi connectivity index (χ1n) is 4.18. The predicted molar refractivity (Wildman–Crippen MR) is 55.6 cm³/mol. The van der Waals surface area contributed by atoms with Crippen molar-refractivity contribution in [2.45, 2.75) is 4.83 Å². The van der Waals surface area contributed by atoms with Gasteiger partial charge in [0.25, 0.3) is 5.91 Å². The van der Waals surface area contributed by atoms with Crippen molar-refractivity contribution in [3.63, 3.8) is 0 Å². The first kappa shape index (κ1) is 11.3. The van der Waals surface area contributed by atoms with Crippen molar-refractivity contribution >= 4 is 21.8 Å². The molecule has 4 nitrogen and oxygen atoms in total. The van der Waals surface area contributed by atoms with Gasteiger partial charge in [-0.1, -0.05) is 15.9 Å². The zero-order chi connectivity index (χ0) is 10.4. The summed E-state index contributed by atoms with van der Waals surface area (Å²) in [5.74, 6) is 0.109. The molecule has 1 N–H and O–H groups in total. The van der Waals surface area contributed by atoms with Crippen molar-refractivity contribution in [1.29, 1.82) is 0 Å². The second kappa shape index (κ2) is 5.82. The zero-order valence-corrected chi connectivity index (χ0v) is 9.41. The zero-order valence-electron chi connectivity index (χ0n) is 7.83. The van der Waals surface area contributed by atoms with E-state index in [-0.39, 0.29) is 10.7 Å². The molecule has 0 saturated carbocycles. The Morgan fingerprint density at radius 2 is 2.57 bits per heavy atom. The van der Waals surface area contributed by atoms with E-state index in [1.807, 2.05) is 0 Å². The number of ether oxygens (including phenoxy) is 1. The van der Waals surface area contributed by atoms with Gasteiger partial charge in [0, 0.05) is 13.7 Å². The Morgan fingerprint density at radius 3 is 3.14 bits per heavy atom. The van der Waals surface area contributed by atoms with Gasteiger partial charge in [0.2, 0.25) is 0 Å². The Morgan fingerprint density at radius 1 is 1.79 bits per heavy atom. The lowest BCUT2D eigenvalue weighted by molar-refractivity contribution is 0.0922. The Hall–Kier alpha value is -0.810. The van der Waals surface area contributed by atoms with Crippen LogP contribution in [0.2, 0.25) is 0 Å². The molecule has 5 heteroatoms. The van der Waals surface area contributed by atoms with E-state index in [4.69, 9.17) is 9.15 Å². The summed E-state index contributed by atoms with van der Waals surface area (Å²) in [7, 11) is 1.61. The van der Waals surface area contributed by atoms with Gasteiger partial charge in [-0.05, 0) is 12.1 Å². The van der Waals surface area contributed by atoms with E-state index in [1.165, 1.54) is 6.26 Å². The van der Waals surface area contributed by atoms with E-state index in [0.717, 1.165) is 0 Å². The summed E-state index contributed by atoms with van der Waals surface area (Å²) in [6, 6.07) is 3.30. The Balaban J connectivity index is 2.28. The van der Waals surface area contributed by atoms with Gasteiger partial charge in [-0.2, -0.15) is 0 Å². The molecule has 1 amide bonds. The van der Waals surface area contributed by atoms with Crippen molar-refractivity contribution in [1.82, 2.24) is 5.32 Å². The average Bonchev–Trinajstić information content (AvgIpc) is 2.67. The first-order chi connectivity index (χ1) is 6.74. The van der Waals surface area contributed by atoms with Crippen LogP contribution in [-0.4, -0.2) is 31.0 Å². The van der Waals surface area contributed by atoms with E-state index < -0.39 is 0 Å². The monoisotopic (exact) mass is 261 g/mol. The van der Waals surface area contributed by atoms with Crippen LogP contribution in [-0.2, 0) is 4.74 Å². The van der Waals surface area contributed by atoms with Gasteiger partial charge in [-0.15, -0.1) is 0 Å². The van der Waals surface area contributed by atoms with Gasteiger partial charge in [-0.25, -0.2) is 0 Å². The second-order valence-corrected chi connectivity index (χ2v) is 4.03. The fraction of sp³-hybridized carbons (Fsp3) is 0.444. The van der Waals surface area contributed by atoms with Gasteiger partial charge < -0.3 is 14.5 Å². The number of methoxy groups -OCH3 is 1. The molecule has 0 radical (unpaired) electrons. The van der Waals surface area contributed by atoms with Gasteiger partial charge in [0.05, 0.1) is 17.7 Å². The van der Waals surface area contributed by atoms with Crippen LogP contribution in [0, 0.1) is 0 Å². The lowest BCUT2D eigenvalue weighted by atomic mass is 10.4. The smallest absolute Gasteiger partial charge is 0.287 e. The molecular formula is C9H12BrNO3. The molecule has 1 rings (SSSR count). The fourth-order valence-corrected chi connectivity index (χ4v) is 1.36. The molecule has 1 aromatic heterocycles. The van der Waals surface area contributed by atoms with Crippen molar-refractivity contribution in [3.05, 3.63) is 24.2 Å². The largest absolute Gasteiger partial charge is 0.459 e. The number of carbonyl (C=O) groups is 1. The van der Waals surface area contributed by atoms with Crippen LogP contribution < -0.4 is 5.32 Å². The van der Waals surface area contributed by atoms with E-state index in [2.05, 4.69) is 21.2 Å². The first-order valence-corrected chi connectivity index (χ1v) is 5.10. The van der Waals surface area contributed by atoms with Crippen molar-refractivity contribution < 1.29 is 13.9 Å². The third-order valence-electron chi connectivity index (χ3n) is 1.58. The second-order valence-electron chi connectivity index (χ2n) is 2.74. The Kier molecular flexibility index (Phi) is 4.69. The third-order valence-corrected chi connectivity index (χ3v) is 2.16. The maximum Gasteiger partial charge on any atom is 0.287 e. The molecule has 0 bridgehead atoms. The molecule has 0 fully saturated rings. The van der Waals surface area contributed by atoms with Gasteiger partial charge in [0.15, 0.2) is 5.76 Å². The number of furan rings is 1. The molecule has 0 aliphatic heterocycles. The number of hydrogen-bond acceptors (Lipinski definition) is 3. The van der Waals surface area contributed by atoms with Crippen molar-refractivity contribution in [3.8, 4) is 0 Å². The quantitative estimate of drug-likeness (QED) is 0.816. The SMILES string of the molecule is COCC(Br)CNC(=O)c1ccco1.